The summed E-state index contributed by atoms with van der Waals surface area (Å²) < 4.78 is 27.4. The first-order valence-electron chi connectivity index (χ1n) is 7.25. The van der Waals surface area contributed by atoms with Crippen LogP contribution in [0.1, 0.15) is 12.8 Å². The normalized spacial score (nSPS) is 14.9. The largest absolute Gasteiger partial charge is 0.312 e. The smallest absolute Gasteiger partial charge is 0.261 e. The Morgan fingerprint density at radius 2 is 1.75 bits per heavy atom. The number of sulfonamides is 1. The summed E-state index contributed by atoms with van der Waals surface area (Å²) in [5, 5.41) is 0.627. The van der Waals surface area contributed by atoms with E-state index in [1.807, 2.05) is 0 Å². The van der Waals surface area contributed by atoms with Crippen molar-refractivity contribution in [3.63, 3.8) is 0 Å². The fourth-order valence-corrected chi connectivity index (χ4v) is 3.97. The molecule has 1 aliphatic rings. The molecular formula is C16H14Cl2N2O3S. The number of carbonyl (C=O) groups is 1. The van der Waals surface area contributed by atoms with E-state index in [0.29, 0.717) is 23.7 Å². The minimum atomic E-state index is -3.80. The summed E-state index contributed by atoms with van der Waals surface area (Å²) >= 11 is 11.9. The number of nitrogens with one attached hydrogen (secondary N) is 1. The van der Waals surface area contributed by atoms with Gasteiger partial charge in [0.25, 0.3) is 10.0 Å². The molecule has 1 heterocycles. The van der Waals surface area contributed by atoms with Crippen molar-refractivity contribution in [3.8, 4) is 0 Å². The van der Waals surface area contributed by atoms with Gasteiger partial charge in [-0.15, -0.1) is 0 Å². The number of halogens is 2. The molecule has 0 aromatic heterocycles. The Bertz CT molecular complexity index is 883. The highest BCUT2D eigenvalue weighted by Crippen LogP contribution is 2.28. The summed E-state index contributed by atoms with van der Waals surface area (Å²) in [6.45, 7) is 0.654. The summed E-state index contributed by atoms with van der Waals surface area (Å²) in [4.78, 5) is 13.5. The van der Waals surface area contributed by atoms with Crippen molar-refractivity contribution < 1.29 is 13.2 Å². The van der Waals surface area contributed by atoms with Crippen LogP contribution in [-0.4, -0.2) is 20.9 Å². The molecule has 1 aliphatic heterocycles. The molecule has 8 heteroatoms. The lowest BCUT2D eigenvalue weighted by Gasteiger charge is -2.16. The Balaban J connectivity index is 1.84. The third kappa shape index (κ3) is 3.50. The van der Waals surface area contributed by atoms with E-state index in [4.69, 9.17) is 23.2 Å². The second-order valence-corrected chi connectivity index (χ2v) is 7.90. The summed E-state index contributed by atoms with van der Waals surface area (Å²) in [6, 6.07) is 10.7. The maximum atomic E-state index is 12.5. The fourth-order valence-electron chi connectivity index (χ4n) is 2.51. The SMILES string of the molecule is O=C1CCCN1c1ccc(S(=O)(=O)Nc2cc(Cl)ccc2Cl)cc1. The average Bonchev–Trinajstić information content (AvgIpc) is 2.97. The van der Waals surface area contributed by atoms with Gasteiger partial charge in [-0.25, -0.2) is 8.42 Å². The van der Waals surface area contributed by atoms with E-state index in [1.165, 1.54) is 24.3 Å². The first-order chi connectivity index (χ1) is 11.4. The summed E-state index contributed by atoms with van der Waals surface area (Å²) in [5.41, 5.74) is 0.903. The number of nitrogens with zero attached hydrogens (tertiary/aromatic N) is 1. The Hall–Kier alpha value is -1.76. The molecule has 126 valence electrons. The first kappa shape index (κ1) is 17.1. The fraction of sp³-hybridized carbons (Fsp3) is 0.188. The minimum absolute atomic E-state index is 0.0504. The molecule has 0 aliphatic carbocycles. The second kappa shape index (κ2) is 6.63. The number of benzene rings is 2. The molecule has 0 unspecified atom stereocenters. The topological polar surface area (TPSA) is 66.5 Å². The molecule has 5 nitrogen and oxygen atoms in total. The maximum absolute atomic E-state index is 12.5. The van der Waals surface area contributed by atoms with Crippen molar-refractivity contribution in [2.24, 2.45) is 0 Å². The van der Waals surface area contributed by atoms with Crippen LogP contribution in [0.15, 0.2) is 47.4 Å². The predicted molar refractivity (Wildman–Crippen MR) is 95.3 cm³/mol. The van der Waals surface area contributed by atoms with Crippen LogP contribution >= 0.6 is 23.2 Å². The van der Waals surface area contributed by atoms with E-state index >= 15 is 0 Å². The van der Waals surface area contributed by atoms with Gasteiger partial charge in [0.2, 0.25) is 5.91 Å². The van der Waals surface area contributed by atoms with Gasteiger partial charge in [-0.3, -0.25) is 9.52 Å². The summed E-state index contributed by atoms with van der Waals surface area (Å²) in [5.74, 6) is 0.0504. The Morgan fingerprint density at radius 1 is 1.04 bits per heavy atom. The van der Waals surface area contributed by atoms with Crippen LogP contribution in [0, 0.1) is 0 Å². The average molecular weight is 385 g/mol. The van der Waals surface area contributed by atoms with Crippen molar-refractivity contribution in [3.05, 3.63) is 52.5 Å². The Morgan fingerprint density at radius 3 is 2.38 bits per heavy atom. The standard InChI is InChI=1S/C16H14Cl2N2O3S/c17-11-3-8-14(18)15(10-11)19-24(22,23)13-6-4-12(5-7-13)20-9-1-2-16(20)21/h3-8,10,19H,1-2,9H2. The van der Waals surface area contributed by atoms with Crippen molar-refractivity contribution in [2.75, 3.05) is 16.2 Å². The van der Waals surface area contributed by atoms with Gasteiger partial charge in [-0.2, -0.15) is 0 Å². The van der Waals surface area contributed by atoms with E-state index in [-0.39, 0.29) is 21.5 Å². The molecule has 0 bridgehead atoms. The molecule has 3 rings (SSSR count). The van der Waals surface area contributed by atoms with Gasteiger partial charge in [-0.05, 0) is 48.9 Å². The van der Waals surface area contributed by atoms with Crippen LogP contribution in [0.25, 0.3) is 0 Å². The highest BCUT2D eigenvalue weighted by Gasteiger charge is 2.22. The van der Waals surface area contributed by atoms with E-state index in [1.54, 1.807) is 23.1 Å². The molecule has 0 atom stereocenters. The second-order valence-electron chi connectivity index (χ2n) is 5.37. The lowest BCUT2D eigenvalue weighted by atomic mass is 10.3. The zero-order chi connectivity index (χ0) is 17.3. The molecular weight excluding hydrogens is 371 g/mol. The molecule has 0 radical (unpaired) electrons. The number of hydrogen-bond acceptors (Lipinski definition) is 3. The monoisotopic (exact) mass is 384 g/mol. The minimum Gasteiger partial charge on any atom is -0.312 e. The Kier molecular flexibility index (Phi) is 4.71. The van der Waals surface area contributed by atoms with Gasteiger partial charge in [0.1, 0.15) is 0 Å². The van der Waals surface area contributed by atoms with Crippen molar-refractivity contribution >= 4 is 50.5 Å². The van der Waals surface area contributed by atoms with Crippen LogP contribution < -0.4 is 9.62 Å². The number of carbonyl (C=O) groups excluding carboxylic acids is 1. The van der Waals surface area contributed by atoms with Gasteiger partial charge in [-0.1, -0.05) is 23.2 Å². The molecule has 1 fully saturated rings. The van der Waals surface area contributed by atoms with Crippen molar-refractivity contribution in [2.45, 2.75) is 17.7 Å². The third-order valence-corrected chi connectivity index (χ3v) is 5.65. The highest BCUT2D eigenvalue weighted by molar-refractivity contribution is 7.92. The lowest BCUT2D eigenvalue weighted by molar-refractivity contribution is -0.117. The first-order valence-corrected chi connectivity index (χ1v) is 9.49. The lowest BCUT2D eigenvalue weighted by Crippen LogP contribution is -2.23. The van der Waals surface area contributed by atoms with Gasteiger partial charge in [0.05, 0.1) is 15.6 Å². The summed E-state index contributed by atoms with van der Waals surface area (Å²) in [6.07, 6.45) is 1.34. The van der Waals surface area contributed by atoms with Gasteiger partial charge in [0.15, 0.2) is 0 Å². The zero-order valence-electron chi connectivity index (χ0n) is 12.5. The van der Waals surface area contributed by atoms with E-state index < -0.39 is 10.0 Å². The highest BCUT2D eigenvalue weighted by atomic mass is 35.5. The van der Waals surface area contributed by atoms with Gasteiger partial charge < -0.3 is 4.90 Å². The molecule has 1 saturated heterocycles. The number of rotatable bonds is 4. The van der Waals surface area contributed by atoms with E-state index in [9.17, 15) is 13.2 Å². The predicted octanol–water partition coefficient (Wildman–Crippen LogP) is 3.92. The van der Waals surface area contributed by atoms with E-state index in [0.717, 1.165) is 6.42 Å². The Labute approximate surface area is 150 Å². The van der Waals surface area contributed by atoms with Gasteiger partial charge >= 0.3 is 0 Å². The molecule has 24 heavy (non-hydrogen) atoms. The van der Waals surface area contributed by atoms with Gasteiger partial charge in [0, 0.05) is 23.7 Å². The van der Waals surface area contributed by atoms with Crippen LogP contribution in [0.5, 0.6) is 0 Å². The summed E-state index contributed by atoms with van der Waals surface area (Å²) in [7, 11) is -3.80. The quantitative estimate of drug-likeness (QED) is 0.868. The molecule has 2 aromatic rings. The maximum Gasteiger partial charge on any atom is 0.261 e. The number of anilines is 2. The molecule has 1 N–H and O–H groups in total. The van der Waals surface area contributed by atoms with Crippen molar-refractivity contribution in [1.29, 1.82) is 0 Å². The van der Waals surface area contributed by atoms with Crippen LogP contribution in [0.3, 0.4) is 0 Å². The zero-order valence-corrected chi connectivity index (χ0v) is 14.8. The van der Waals surface area contributed by atoms with Crippen LogP contribution in [-0.2, 0) is 14.8 Å². The van der Waals surface area contributed by atoms with Crippen LogP contribution in [0.4, 0.5) is 11.4 Å². The number of amides is 1. The molecule has 0 saturated carbocycles. The molecule has 1 amide bonds. The molecule has 0 spiro atoms. The van der Waals surface area contributed by atoms with Crippen LogP contribution in [0.2, 0.25) is 10.0 Å². The molecule has 2 aromatic carbocycles. The van der Waals surface area contributed by atoms with E-state index in [2.05, 4.69) is 4.72 Å². The number of hydrogen-bond donors (Lipinski definition) is 1. The third-order valence-electron chi connectivity index (χ3n) is 3.70. The van der Waals surface area contributed by atoms with Crippen molar-refractivity contribution in [1.82, 2.24) is 0 Å².